The van der Waals surface area contributed by atoms with Crippen molar-refractivity contribution in [3.8, 4) is 0 Å². The first-order valence-electron chi connectivity index (χ1n) is 5.15. The number of aliphatic carboxylic acids is 1. The Morgan fingerprint density at radius 3 is 2.53 bits per heavy atom. The quantitative estimate of drug-likeness (QED) is 0.709. The third-order valence-corrected chi connectivity index (χ3v) is 2.91. The van der Waals surface area contributed by atoms with Crippen LogP contribution in [0.2, 0.25) is 0 Å². The zero-order valence-corrected chi connectivity index (χ0v) is 8.98. The standard InChI is InChI=1S/C11H17NO3/c1-3-6-12(2)10(13)8-4-5-9(7-8)11(14)15/h3,8-9H,1,4-7H2,2H3,(H,14,15). The Morgan fingerprint density at radius 2 is 2.07 bits per heavy atom. The molecule has 1 aliphatic carbocycles. The summed E-state index contributed by atoms with van der Waals surface area (Å²) in [6, 6.07) is 0. The van der Waals surface area contributed by atoms with Crippen LogP contribution in [0.15, 0.2) is 12.7 Å². The summed E-state index contributed by atoms with van der Waals surface area (Å²) in [5.74, 6) is -1.19. The number of hydrogen-bond donors (Lipinski definition) is 1. The molecule has 2 atom stereocenters. The van der Waals surface area contributed by atoms with Crippen molar-refractivity contribution in [1.29, 1.82) is 0 Å². The number of hydrogen-bond acceptors (Lipinski definition) is 2. The predicted molar refractivity (Wildman–Crippen MR) is 56.3 cm³/mol. The Bertz CT molecular complexity index is 275. The van der Waals surface area contributed by atoms with Gasteiger partial charge >= 0.3 is 5.97 Å². The van der Waals surface area contributed by atoms with Crippen LogP contribution in [0.25, 0.3) is 0 Å². The normalized spacial score (nSPS) is 24.9. The van der Waals surface area contributed by atoms with Gasteiger partial charge in [0.15, 0.2) is 0 Å². The molecule has 0 aromatic rings. The third-order valence-electron chi connectivity index (χ3n) is 2.91. The summed E-state index contributed by atoms with van der Waals surface area (Å²) in [4.78, 5) is 24.1. The minimum atomic E-state index is -0.781. The molecule has 2 unspecified atom stereocenters. The van der Waals surface area contributed by atoms with E-state index in [1.165, 1.54) is 0 Å². The molecule has 1 fully saturated rings. The zero-order chi connectivity index (χ0) is 11.4. The van der Waals surface area contributed by atoms with Crippen LogP contribution >= 0.6 is 0 Å². The van der Waals surface area contributed by atoms with E-state index >= 15 is 0 Å². The fourth-order valence-corrected chi connectivity index (χ4v) is 2.03. The minimum absolute atomic E-state index is 0.0404. The van der Waals surface area contributed by atoms with Crippen LogP contribution in [0.5, 0.6) is 0 Å². The van der Waals surface area contributed by atoms with E-state index in [-0.39, 0.29) is 17.7 Å². The van der Waals surface area contributed by atoms with Gasteiger partial charge in [-0.2, -0.15) is 0 Å². The van der Waals surface area contributed by atoms with Crippen LogP contribution in [-0.4, -0.2) is 35.5 Å². The van der Waals surface area contributed by atoms with Gasteiger partial charge in [0.05, 0.1) is 5.92 Å². The average Bonchev–Trinajstić information content (AvgIpc) is 2.65. The van der Waals surface area contributed by atoms with Crippen molar-refractivity contribution in [3.05, 3.63) is 12.7 Å². The summed E-state index contributed by atoms with van der Waals surface area (Å²) in [6.45, 7) is 4.09. The predicted octanol–water partition coefficient (Wildman–Crippen LogP) is 1.13. The van der Waals surface area contributed by atoms with E-state index in [9.17, 15) is 9.59 Å². The summed E-state index contributed by atoms with van der Waals surface area (Å²) in [6.07, 6.45) is 3.46. The molecule has 1 amide bonds. The Balaban J connectivity index is 2.49. The molecule has 84 valence electrons. The van der Waals surface area contributed by atoms with Crippen LogP contribution in [0.4, 0.5) is 0 Å². The number of rotatable bonds is 4. The Hall–Kier alpha value is -1.32. The molecule has 0 aromatic heterocycles. The third kappa shape index (κ3) is 2.81. The van der Waals surface area contributed by atoms with Crippen LogP contribution in [0.3, 0.4) is 0 Å². The molecule has 0 saturated heterocycles. The van der Waals surface area contributed by atoms with Gasteiger partial charge in [0.2, 0.25) is 5.91 Å². The summed E-state index contributed by atoms with van der Waals surface area (Å²) in [5, 5.41) is 8.81. The molecule has 1 rings (SSSR count). The number of amides is 1. The zero-order valence-electron chi connectivity index (χ0n) is 8.98. The van der Waals surface area contributed by atoms with Crippen molar-refractivity contribution >= 4 is 11.9 Å². The van der Waals surface area contributed by atoms with Gasteiger partial charge in [-0.3, -0.25) is 9.59 Å². The van der Waals surface area contributed by atoms with E-state index in [4.69, 9.17) is 5.11 Å². The lowest BCUT2D eigenvalue weighted by Crippen LogP contribution is -2.32. The van der Waals surface area contributed by atoms with Crippen LogP contribution < -0.4 is 0 Å². The van der Waals surface area contributed by atoms with E-state index < -0.39 is 5.97 Å². The summed E-state index contributed by atoms with van der Waals surface area (Å²) >= 11 is 0. The van der Waals surface area contributed by atoms with E-state index in [2.05, 4.69) is 6.58 Å². The first-order valence-corrected chi connectivity index (χ1v) is 5.15. The van der Waals surface area contributed by atoms with E-state index in [1.807, 2.05) is 0 Å². The molecule has 0 heterocycles. The smallest absolute Gasteiger partial charge is 0.306 e. The van der Waals surface area contributed by atoms with Crippen molar-refractivity contribution in [2.75, 3.05) is 13.6 Å². The van der Waals surface area contributed by atoms with Gasteiger partial charge in [-0.25, -0.2) is 0 Å². The van der Waals surface area contributed by atoms with Gasteiger partial charge in [0.1, 0.15) is 0 Å². The number of carbonyl (C=O) groups is 2. The van der Waals surface area contributed by atoms with E-state index in [0.717, 1.165) is 0 Å². The monoisotopic (exact) mass is 211 g/mol. The topological polar surface area (TPSA) is 57.6 Å². The molecule has 4 heteroatoms. The van der Waals surface area contributed by atoms with Crippen molar-refractivity contribution in [2.24, 2.45) is 11.8 Å². The molecule has 0 radical (unpaired) electrons. The van der Waals surface area contributed by atoms with Crippen LogP contribution in [0, 0.1) is 11.8 Å². The van der Waals surface area contributed by atoms with Crippen molar-refractivity contribution in [3.63, 3.8) is 0 Å². The molecular formula is C11H17NO3. The molecule has 0 aromatic carbocycles. The highest BCUT2D eigenvalue weighted by Crippen LogP contribution is 2.32. The second kappa shape index (κ2) is 4.96. The first kappa shape index (κ1) is 11.8. The van der Waals surface area contributed by atoms with Crippen molar-refractivity contribution in [1.82, 2.24) is 4.90 Å². The molecule has 1 N–H and O–H groups in total. The van der Waals surface area contributed by atoms with E-state index in [1.54, 1.807) is 18.0 Å². The molecule has 0 bridgehead atoms. The molecule has 0 spiro atoms. The van der Waals surface area contributed by atoms with Crippen molar-refractivity contribution in [2.45, 2.75) is 19.3 Å². The maximum Gasteiger partial charge on any atom is 0.306 e. The number of carbonyl (C=O) groups excluding carboxylic acids is 1. The molecule has 1 aliphatic rings. The second-order valence-corrected chi connectivity index (χ2v) is 4.05. The van der Waals surface area contributed by atoms with Gasteiger partial charge < -0.3 is 10.0 Å². The minimum Gasteiger partial charge on any atom is -0.481 e. The van der Waals surface area contributed by atoms with Gasteiger partial charge in [0, 0.05) is 19.5 Å². The molecular weight excluding hydrogens is 194 g/mol. The van der Waals surface area contributed by atoms with Gasteiger partial charge in [-0.1, -0.05) is 6.08 Å². The Morgan fingerprint density at radius 1 is 1.47 bits per heavy atom. The fraction of sp³-hybridized carbons (Fsp3) is 0.636. The highest BCUT2D eigenvalue weighted by atomic mass is 16.4. The van der Waals surface area contributed by atoms with Gasteiger partial charge in [-0.15, -0.1) is 6.58 Å². The highest BCUT2D eigenvalue weighted by Gasteiger charge is 2.34. The Labute approximate surface area is 89.6 Å². The second-order valence-electron chi connectivity index (χ2n) is 4.05. The van der Waals surface area contributed by atoms with E-state index in [0.29, 0.717) is 25.8 Å². The summed E-state index contributed by atoms with van der Waals surface area (Å²) in [7, 11) is 1.72. The summed E-state index contributed by atoms with van der Waals surface area (Å²) < 4.78 is 0. The SMILES string of the molecule is C=CCN(C)C(=O)C1CCC(C(=O)O)C1. The fourth-order valence-electron chi connectivity index (χ4n) is 2.03. The molecule has 0 aliphatic heterocycles. The molecule has 1 saturated carbocycles. The lowest BCUT2D eigenvalue weighted by atomic mass is 10.0. The highest BCUT2D eigenvalue weighted by molar-refractivity contribution is 5.80. The first-order chi connectivity index (χ1) is 7.06. The number of likely N-dealkylation sites (N-methyl/N-ethyl adjacent to an activating group) is 1. The summed E-state index contributed by atoms with van der Waals surface area (Å²) in [5.41, 5.74) is 0. The van der Waals surface area contributed by atoms with Gasteiger partial charge in [0.25, 0.3) is 0 Å². The molecule has 4 nitrogen and oxygen atoms in total. The number of carboxylic acids is 1. The van der Waals surface area contributed by atoms with Gasteiger partial charge in [-0.05, 0) is 19.3 Å². The Kier molecular flexibility index (Phi) is 3.88. The lowest BCUT2D eigenvalue weighted by Gasteiger charge is -2.19. The van der Waals surface area contributed by atoms with Crippen molar-refractivity contribution < 1.29 is 14.7 Å². The maximum atomic E-state index is 11.8. The lowest BCUT2D eigenvalue weighted by molar-refractivity contribution is -0.141. The molecule has 15 heavy (non-hydrogen) atoms. The van der Waals surface area contributed by atoms with Crippen LogP contribution in [0.1, 0.15) is 19.3 Å². The number of carboxylic acid groups (broad SMARTS) is 1. The number of nitrogens with zero attached hydrogens (tertiary/aromatic N) is 1. The average molecular weight is 211 g/mol. The maximum absolute atomic E-state index is 11.8. The largest absolute Gasteiger partial charge is 0.481 e. The van der Waals surface area contributed by atoms with Crippen LogP contribution in [-0.2, 0) is 9.59 Å².